The minimum atomic E-state index is -4.20. The molecule has 1 saturated heterocycles. The van der Waals surface area contributed by atoms with E-state index in [-0.39, 0.29) is 35.4 Å². The van der Waals surface area contributed by atoms with Crippen molar-refractivity contribution in [3.63, 3.8) is 0 Å². The summed E-state index contributed by atoms with van der Waals surface area (Å²) in [5, 5.41) is 4.60. The smallest absolute Gasteiger partial charge is 0.401 e. The molecule has 3 heterocycles. The lowest BCUT2D eigenvalue weighted by atomic mass is 10.1. The molecule has 3 atom stereocenters. The topological polar surface area (TPSA) is 69.2 Å². The number of ether oxygens (including phenoxy) is 1. The highest BCUT2D eigenvalue weighted by atomic mass is 19.4. The molecule has 6 nitrogen and oxygen atoms in total. The molecule has 0 radical (unpaired) electrons. The van der Waals surface area contributed by atoms with Gasteiger partial charge in [0.1, 0.15) is 0 Å². The molecule has 164 valence electrons. The Balaban J connectivity index is 1.56. The average Bonchev–Trinajstić information content (AvgIpc) is 2.97. The maximum absolute atomic E-state index is 12.6. The minimum absolute atomic E-state index is 0.0277. The van der Waals surface area contributed by atoms with Gasteiger partial charge in [-0.3, -0.25) is 9.58 Å². The lowest BCUT2D eigenvalue weighted by Crippen LogP contribution is -2.34. The molecule has 1 saturated carbocycles. The molecule has 4 rings (SSSR count). The molecule has 0 aromatic carbocycles. The first-order valence-electron chi connectivity index (χ1n) is 9.62. The summed E-state index contributed by atoms with van der Waals surface area (Å²) in [6.07, 6.45) is -2.76. The lowest BCUT2D eigenvalue weighted by Gasteiger charge is -2.21. The van der Waals surface area contributed by atoms with Crippen molar-refractivity contribution in [2.45, 2.75) is 38.6 Å². The molecular weight excluding hydrogens is 409 g/mol. The third-order valence-electron chi connectivity index (χ3n) is 5.66. The third kappa shape index (κ3) is 4.07. The minimum Gasteiger partial charge on any atom is -0.431 e. The zero-order valence-electron chi connectivity index (χ0n) is 16.4. The zero-order chi connectivity index (χ0) is 21.8. The molecule has 30 heavy (non-hydrogen) atoms. The Morgan fingerprint density at radius 3 is 2.43 bits per heavy atom. The maximum Gasteiger partial charge on any atom is 0.401 e. The summed E-state index contributed by atoms with van der Waals surface area (Å²) in [6, 6.07) is 3.25. The van der Waals surface area contributed by atoms with E-state index in [1.807, 2.05) is 24.6 Å². The van der Waals surface area contributed by atoms with E-state index in [0.29, 0.717) is 24.3 Å². The number of pyridine rings is 1. The highest BCUT2D eigenvalue weighted by Crippen LogP contribution is 2.59. The Morgan fingerprint density at radius 1 is 1.20 bits per heavy atom. The highest BCUT2D eigenvalue weighted by molar-refractivity contribution is 5.64. The number of aromatic nitrogens is 3. The number of fused-ring (bicyclic) bond motifs is 1. The van der Waals surface area contributed by atoms with Crippen molar-refractivity contribution in [1.82, 2.24) is 19.7 Å². The SMILES string of the molecule is CC(C)n1nc(-c2cnc(N)c(OC(F)F)c2)cc1C1[C@H]2CN(CC(F)(F)F)C[C@@H]12. The number of rotatable bonds is 6. The molecule has 1 aliphatic heterocycles. The van der Waals surface area contributed by atoms with Crippen LogP contribution in [0.5, 0.6) is 5.75 Å². The molecule has 11 heteroatoms. The van der Waals surface area contributed by atoms with Crippen LogP contribution >= 0.6 is 0 Å². The van der Waals surface area contributed by atoms with Crippen molar-refractivity contribution in [3.05, 3.63) is 24.0 Å². The van der Waals surface area contributed by atoms with Gasteiger partial charge in [0.15, 0.2) is 11.6 Å². The fraction of sp³-hybridized carbons (Fsp3) is 0.579. The zero-order valence-corrected chi connectivity index (χ0v) is 16.4. The van der Waals surface area contributed by atoms with Crippen LogP contribution < -0.4 is 10.5 Å². The first-order valence-corrected chi connectivity index (χ1v) is 9.62. The van der Waals surface area contributed by atoms with Gasteiger partial charge in [-0.15, -0.1) is 0 Å². The fourth-order valence-corrected chi connectivity index (χ4v) is 4.43. The molecule has 0 bridgehead atoms. The van der Waals surface area contributed by atoms with Crippen LogP contribution in [0.15, 0.2) is 18.3 Å². The van der Waals surface area contributed by atoms with Gasteiger partial charge < -0.3 is 10.5 Å². The largest absolute Gasteiger partial charge is 0.431 e. The van der Waals surface area contributed by atoms with Gasteiger partial charge in [0.2, 0.25) is 0 Å². The first kappa shape index (κ1) is 20.8. The van der Waals surface area contributed by atoms with Crippen molar-refractivity contribution < 1.29 is 26.7 Å². The summed E-state index contributed by atoms with van der Waals surface area (Å²) in [5.74, 6) is 0.0864. The molecule has 2 aromatic heterocycles. The molecule has 2 N–H and O–H groups in total. The number of hydrogen-bond donors (Lipinski definition) is 1. The van der Waals surface area contributed by atoms with Crippen LogP contribution in [0.2, 0.25) is 0 Å². The van der Waals surface area contributed by atoms with E-state index in [2.05, 4.69) is 14.8 Å². The van der Waals surface area contributed by atoms with Crippen molar-refractivity contribution in [2.75, 3.05) is 25.4 Å². The molecule has 2 fully saturated rings. The summed E-state index contributed by atoms with van der Waals surface area (Å²) >= 11 is 0. The Kier molecular flexibility index (Phi) is 5.11. The monoisotopic (exact) mass is 431 g/mol. The van der Waals surface area contributed by atoms with Gasteiger partial charge in [-0.25, -0.2) is 4.98 Å². The lowest BCUT2D eigenvalue weighted by molar-refractivity contribution is -0.144. The van der Waals surface area contributed by atoms with Crippen LogP contribution in [0.25, 0.3) is 11.3 Å². The summed E-state index contributed by atoms with van der Waals surface area (Å²) in [6.45, 7) is 0.818. The third-order valence-corrected chi connectivity index (χ3v) is 5.66. The number of nitrogen functional groups attached to an aromatic ring is 1. The molecule has 0 spiro atoms. The number of anilines is 1. The number of piperidine rings is 1. The van der Waals surface area contributed by atoms with Crippen LogP contribution in [-0.2, 0) is 0 Å². The molecule has 2 aromatic rings. The second-order valence-electron chi connectivity index (χ2n) is 8.14. The Morgan fingerprint density at radius 2 is 1.87 bits per heavy atom. The van der Waals surface area contributed by atoms with Gasteiger partial charge in [0, 0.05) is 42.5 Å². The average molecular weight is 431 g/mol. The number of halogens is 5. The van der Waals surface area contributed by atoms with E-state index < -0.39 is 19.3 Å². The molecule has 1 aliphatic carbocycles. The molecule has 1 unspecified atom stereocenters. The van der Waals surface area contributed by atoms with Gasteiger partial charge in [-0.05, 0) is 37.8 Å². The summed E-state index contributed by atoms with van der Waals surface area (Å²) in [5.41, 5.74) is 7.54. The second kappa shape index (κ2) is 7.36. The number of nitrogens with zero attached hydrogens (tertiary/aromatic N) is 4. The number of hydrogen-bond acceptors (Lipinski definition) is 5. The van der Waals surface area contributed by atoms with Crippen LogP contribution in [0.3, 0.4) is 0 Å². The van der Waals surface area contributed by atoms with Crippen molar-refractivity contribution in [1.29, 1.82) is 0 Å². The van der Waals surface area contributed by atoms with E-state index in [1.165, 1.54) is 17.2 Å². The van der Waals surface area contributed by atoms with E-state index in [4.69, 9.17) is 5.73 Å². The van der Waals surface area contributed by atoms with E-state index in [0.717, 1.165) is 5.69 Å². The first-order chi connectivity index (χ1) is 14.0. The van der Waals surface area contributed by atoms with Crippen LogP contribution in [0.1, 0.15) is 31.5 Å². The van der Waals surface area contributed by atoms with Crippen molar-refractivity contribution >= 4 is 5.82 Å². The Labute approximate surface area is 169 Å². The normalized spacial score (nSPS) is 24.0. The van der Waals surface area contributed by atoms with E-state index >= 15 is 0 Å². The fourth-order valence-electron chi connectivity index (χ4n) is 4.43. The van der Waals surface area contributed by atoms with Gasteiger partial charge >= 0.3 is 12.8 Å². The standard InChI is InChI=1S/C19H22F5N5O/c1-9(2)29-14(16-11-6-28(7-12(11)16)8-19(22,23)24)4-13(27-29)10-3-15(30-18(20)21)17(25)26-5-10/h3-5,9,11-12,16,18H,6-8H2,1-2H3,(H2,25,26)/t11-,12+,16?. The second-order valence-corrected chi connectivity index (χ2v) is 8.14. The summed E-state index contributed by atoms with van der Waals surface area (Å²) < 4.78 is 69.4. The summed E-state index contributed by atoms with van der Waals surface area (Å²) in [7, 11) is 0. The Hall–Kier alpha value is -2.43. The van der Waals surface area contributed by atoms with Crippen molar-refractivity contribution in [3.8, 4) is 17.0 Å². The van der Waals surface area contributed by atoms with Gasteiger partial charge in [0.25, 0.3) is 0 Å². The summed E-state index contributed by atoms with van der Waals surface area (Å²) in [4.78, 5) is 5.36. The van der Waals surface area contributed by atoms with Gasteiger partial charge in [-0.1, -0.05) is 0 Å². The Bertz CT molecular complexity index is 917. The number of alkyl halides is 5. The van der Waals surface area contributed by atoms with E-state index in [1.54, 1.807) is 0 Å². The molecular formula is C19H22F5N5O. The number of likely N-dealkylation sites (tertiary alicyclic amines) is 1. The van der Waals surface area contributed by atoms with Crippen LogP contribution in [0, 0.1) is 11.8 Å². The van der Waals surface area contributed by atoms with E-state index in [9.17, 15) is 22.0 Å². The van der Waals surface area contributed by atoms with Gasteiger partial charge in [0.05, 0.1) is 12.2 Å². The van der Waals surface area contributed by atoms with Crippen LogP contribution in [-0.4, -0.2) is 52.1 Å². The molecule has 0 amide bonds. The maximum atomic E-state index is 12.6. The predicted octanol–water partition coefficient (Wildman–Crippen LogP) is 3.92. The highest BCUT2D eigenvalue weighted by Gasteiger charge is 2.58. The number of nitrogens with two attached hydrogens (primary N) is 1. The van der Waals surface area contributed by atoms with Crippen LogP contribution in [0.4, 0.5) is 27.8 Å². The quantitative estimate of drug-likeness (QED) is 0.703. The molecule has 2 aliphatic rings. The van der Waals surface area contributed by atoms with Gasteiger partial charge in [-0.2, -0.15) is 27.1 Å². The van der Waals surface area contributed by atoms with Crippen molar-refractivity contribution in [2.24, 2.45) is 11.8 Å². The predicted molar refractivity (Wildman–Crippen MR) is 99.1 cm³/mol.